The van der Waals surface area contributed by atoms with E-state index in [0.717, 1.165) is 72.4 Å². The zero-order valence-electron chi connectivity index (χ0n) is 21.1. The third kappa shape index (κ3) is 5.12. The van der Waals surface area contributed by atoms with Gasteiger partial charge in [-0.25, -0.2) is 9.78 Å². The predicted molar refractivity (Wildman–Crippen MR) is 142 cm³/mol. The van der Waals surface area contributed by atoms with Crippen molar-refractivity contribution in [3.8, 4) is 11.5 Å². The minimum absolute atomic E-state index is 0.138. The summed E-state index contributed by atoms with van der Waals surface area (Å²) in [4.78, 5) is 26.5. The van der Waals surface area contributed by atoms with Gasteiger partial charge in [-0.3, -0.25) is 0 Å². The summed E-state index contributed by atoms with van der Waals surface area (Å²) in [7, 11) is 0. The van der Waals surface area contributed by atoms with Crippen LogP contribution in [0.5, 0.6) is 11.5 Å². The van der Waals surface area contributed by atoms with Crippen molar-refractivity contribution in [3.05, 3.63) is 34.2 Å². The molecule has 37 heavy (non-hydrogen) atoms. The molecule has 2 aromatic heterocycles. The Morgan fingerprint density at radius 1 is 1.14 bits per heavy atom. The summed E-state index contributed by atoms with van der Waals surface area (Å²) in [6.45, 7) is 5.33. The van der Waals surface area contributed by atoms with E-state index in [9.17, 15) is 4.79 Å². The Balaban J connectivity index is 1.24. The Morgan fingerprint density at radius 3 is 2.78 bits per heavy atom. The molecule has 9 nitrogen and oxygen atoms in total. The minimum Gasteiger partial charge on any atom is -0.486 e. The Labute approximate surface area is 220 Å². The summed E-state index contributed by atoms with van der Waals surface area (Å²) in [6.07, 6.45) is 5.35. The fourth-order valence-corrected chi connectivity index (χ4v) is 6.52. The maximum absolute atomic E-state index is 11.7. The Morgan fingerprint density at radius 2 is 1.95 bits per heavy atom. The van der Waals surface area contributed by atoms with Crippen molar-refractivity contribution in [1.82, 2.24) is 9.97 Å². The van der Waals surface area contributed by atoms with E-state index in [-0.39, 0.29) is 6.10 Å². The summed E-state index contributed by atoms with van der Waals surface area (Å²) in [5.41, 5.74) is 2.52. The summed E-state index contributed by atoms with van der Waals surface area (Å²) in [5, 5.41) is 4.79. The number of thiophene rings is 1. The number of nitrogens with one attached hydrogen (secondary N) is 1. The Kier molecular flexibility index (Phi) is 6.91. The average Bonchev–Trinajstić information content (AvgIpc) is 3.31. The highest BCUT2D eigenvalue weighted by Crippen LogP contribution is 2.40. The minimum atomic E-state index is -0.589. The van der Waals surface area contributed by atoms with Crippen LogP contribution in [0.15, 0.2) is 18.2 Å². The van der Waals surface area contributed by atoms with Crippen molar-refractivity contribution < 1.29 is 23.7 Å². The number of anilines is 2. The zero-order valence-corrected chi connectivity index (χ0v) is 21.9. The third-order valence-corrected chi connectivity index (χ3v) is 8.31. The van der Waals surface area contributed by atoms with E-state index in [4.69, 9.17) is 28.9 Å². The fraction of sp³-hybridized carbons (Fsp3) is 0.519. The monoisotopic (exact) mass is 524 g/mol. The summed E-state index contributed by atoms with van der Waals surface area (Å²) >= 11 is 1.81. The van der Waals surface area contributed by atoms with Crippen LogP contribution in [0.3, 0.4) is 0 Å². The summed E-state index contributed by atoms with van der Waals surface area (Å²) < 4.78 is 21.8. The first-order valence-corrected chi connectivity index (χ1v) is 14.0. The molecule has 1 aromatic carbocycles. The zero-order chi connectivity index (χ0) is 25.2. The molecule has 6 rings (SSSR count). The summed E-state index contributed by atoms with van der Waals surface area (Å²) in [5.74, 6) is 3.20. The Bertz CT molecular complexity index is 1290. The molecule has 1 saturated heterocycles. The number of carbonyl (C=O) groups excluding carboxylic acids is 1. The standard InChI is InChI=1S/C27H32N4O5S/c1-2-33-27(32)36-18-9-11-31(12-10-18)26-29-24(23-19-5-3-4-6-22(19)37-25(23)30-26)28-16-17-7-8-20-21(15-17)35-14-13-34-20/h7-8,15,18H,2-6,9-14,16H2,1H3,(H,28,29,30). The maximum Gasteiger partial charge on any atom is 0.508 e. The number of nitrogens with zero attached hydrogens (tertiary/aromatic N) is 3. The van der Waals surface area contributed by atoms with Crippen LogP contribution >= 0.6 is 11.3 Å². The van der Waals surface area contributed by atoms with Crippen LogP contribution < -0.4 is 19.7 Å². The number of ether oxygens (including phenoxy) is 4. The van der Waals surface area contributed by atoms with E-state index in [1.807, 2.05) is 12.1 Å². The van der Waals surface area contributed by atoms with Crippen LogP contribution in [0, 0.1) is 0 Å². The highest BCUT2D eigenvalue weighted by Gasteiger charge is 2.27. The van der Waals surface area contributed by atoms with E-state index in [1.54, 1.807) is 18.3 Å². The van der Waals surface area contributed by atoms with Crippen LogP contribution in [0.25, 0.3) is 10.2 Å². The molecule has 3 aromatic rings. The molecule has 0 unspecified atom stereocenters. The molecule has 196 valence electrons. The lowest BCUT2D eigenvalue weighted by Gasteiger charge is -2.31. The summed E-state index contributed by atoms with van der Waals surface area (Å²) in [6, 6.07) is 6.08. The van der Waals surface area contributed by atoms with E-state index in [1.165, 1.54) is 28.7 Å². The molecule has 0 spiro atoms. The molecule has 1 fully saturated rings. The molecular formula is C27H32N4O5S. The first kappa shape index (κ1) is 24.1. The Hall–Kier alpha value is -3.27. The molecule has 1 N–H and O–H groups in total. The van der Waals surface area contributed by atoms with E-state index >= 15 is 0 Å². The fourth-order valence-electron chi connectivity index (χ4n) is 5.26. The van der Waals surface area contributed by atoms with Gasteiger partial charge in [0.25, 0.3) is 0 Å². The lowest BCUT2D eigenvalue weighted by Crippen LogP contribution is -2.39. The number of fused-ring (bicyclic) bond motifs is 4. The number of carbonyl (C=O) groups is 1. The number of aromatic nitrogens is 2. The lowest BCUT2D eigenvalue weighted by molar-refractivity contribution is 0.0183. The van der Waals surface area contributed by atoms with E-state index in [2.05, 4.69) is 16.3 Å². The molecule has 4 heterocycles. The second-order valence-electron chi connectivity index (χ2n) is 9.58. The van der Waals surface area contributed by atoms with E-state index < -0.39 is 6.16 Å². The molecule has 0 bridgehead atoms. The van der Waals surface area contributed by atoms with Gasteiger partial charge in [-0.2, -0.15) is 4.98 Å². The van der Waals surface area contributed by atoms with Crippen LogP contribution in [0.2, 0.25) is 0 Å². The van der Waals surface area contributed by atoms with Crippen LogP contribution in [-0.4, -0.2) is 55.1 Å². The van der Waals surface area contributed by atoms with Gasteiger partial charge < -0.3 is 29.2 Å². The van der Waals surface area contributed by atoms with Gasteiger partial charge in [0, 0.05) is 37.4 Å². The van der Waals surface area contributed by atoms with Crippen molar-refractivity contribution in [2.75, 3.05) is 43.1 Å². The predicted octanol–water partition coefficient (Wildman–Crippen LogP) is 5.10. The number of piperidine rings is 1. The van der Waals surface area contributed by atoms with Crippen molar-refractivity contribution >= 4 is 39.5 Å². The van der Waals surface area contributed by atoms with Crippen LogP contribution in [-0.2, 0) is 28.9 Å². The number of benzene rings is 1. The second-order valence-corrected chi connectivity index (χ2v) is 10.7. The number of aryl methyl sites for hydroxylation is 2. The molecule has 0 atom stereocenters. The molecule has 1 aliphatic carbocycles. The highest BCUT2D eigenvalue weighted by atomic mass is 32.1. The van der Waals surface area contributed by atoms with Gasteiger partial charge in [0.05, 0.1) is 12.0 Å². The average molecular weight is 525 g/mol. The first-order valence-electron chi connectivity index (χ1n) is 13.2. The van der Waals surface area contributed by atoms with Crippen molar-refractivity contribution in [2.45, 2.75) is 58.1 Å². The SMILES string of the molecule is CCOC(=O)OC1CCN(c2nc(NCc3ccc4c(c3)OCCO4)c3c4c(sc3n2)CCCC4)CC1. The van der Waals surface area contributed by atoms with Gasteiger partial charge >= 0.3 is 6.16 Å². The number of hydrogen-bond acceptors (Lipinski definition) is 10. The quantitative estimate of drug-likeness (QED) is 0.442. The molecule has 0 radical (unpaired) electrons. The molecule has 10 heteroatoms. The number of rotatable bonds is 6. The van der Waals surface area contributed by atoms with Crippen molar-refractivity contribution in [2.24, 2.45) is 0 Å². The third-order valence-electron chi connectivity index (χ3n) is 7.12. The molecule has 0 amide bonds. The largest absolute Gasteiger partial charge is 0.508 e. The smallest absolute Gasteiger partial charge is 0.486 e. The van der Waals surface area contributed by atoms with E-state index in [0.29, 0.717) is 26.4 Å². The normalized spacial score (nSPS) is 17.4. The highest BCUT2D eigenvalue weighted by molar-refractivity contribution is 7.19. The van der Waals surface area contributed by atoms with Crippen molar-refractivity contribution in [3.63, 3.8) is 0 Å². The van der Waals surface area contributed by atoms with Gasteiger partial charge in [0.2, 0.25) is 5.95 Å². The van der Waals surface area contributed by atoms with Crippen LogP contribution in [0.1, 0.15) is 48.6 Å². The van der Waals surface area contributed by atoms with Gasteiger partial charge in [-0.15, -0.1) is 11.3 Å². The second kappa shape index (κ2) is 10.6. The molecule has 2 aliphatic heterocycles. The first-order chi connectivity index (χ1) is 18.2. The van der Waals surface area contributed by atoms with Gasteiger partial charge in [-0.05, 0) is 55.9 Å². The van der Waals surface area contributed by atoms with Crippen molar-refractivity contribution in [1.29, 1.82) is 0 Å². The van der Waals surface area contributed by atoms with Gasteiger partial charge in [0.15, 0.2) is 11.5 Å². The van der Waals surface area contributed by atoms with Crippen LogP contribution in [0.4, 0.5) is 16.6 Å². The van der Waals surface area contributed by atoms with Gasteiger partial charge in [0.1, 0.15) is 30.0 Å². The molecular weight excluding hydrogens is 492 g/mol. The lowest BCUT2D eigenvalue weighted by atomic mass is 9.97. The number of hydrogen-bond donors (Lipinski definition) is 1. The van der Waals surface area contributed by atoms with Gasteiger partial charge in [-0.1, -0.05) is 6.07 Å². The molecule has 3 aliphatic rings. The molecule has 0 saturated carbocycles. The maximum atomic E-state index is 11.7. The topological polar surface area (TPSA) is 95.0 Å².